The number of hydrogen-bond acceptors (Lipinski definition) is 4. The van der Waals surface area contributed by atoms with E-state index >= 15 is 0 Å². The van der Waals surface area contributed by atoms with E-state index < -0.39 is 0 Å². The standard InChI is InChI=1S/C22H23N3O3/c26-14-13-24-9-11-25(12-10-24)22(28)17-7-5-16(6-8-17)19-15-18-3-1-2-4-20(18)23-21(19)27/h1-8,15,26H,9-14H2,(H,23,27). The zero-order chi connectivity index (χ0) is 19.5. The van der Waals surface area contributed by atoms with Crippen LogP contribution in [0.1, 0.15) is 10.4 Å². The number of piperazine rings is 1. The number of amides is 1. The summed E-state index contributed by atoms with van der Waals surface area (Å²) in [6.45, 7) is 3.66. The van der Waals surface area contributed by atoms with Gasteiger partial charge in [0.05, 0.1) is 6.61 Å². The SMILES string of the molecule is O=C(c1ccc(-c2cc3ccccc3[nH]c2=O)cc1)N1CCN(CCO)CC1. The molecule has 1 fully saturated rings. The molecule has 0 radical (unpaired) electrons. The van der Waals surface area contributed by atoms with Crippen molar-refractivity contribution >= 4 is 16.8 Å². The van der Waals surface area contributed by atoms with Crippen molar-refractivity contribution in [1.29, 1.82) is 0 Å². The topological polar surface area (TPSA) is 76.6 Å². The molecule has 6 nitrogen and oxygen atoms in total. The molecule has 2 heterocycles. The van der Waals surface area contributed by atoms with E-state index in [9.17, 15) is 9.59 Å². The molecule has 1 amide bonds. The maximum atomic E-state index is 12.7. The third-order valence-electron chi connectivity index (χ3n) is 5.27. The Balaban J connectivity index is 1.52. The maximum Gasteiger partial charge on any atom is 0.256 e. The zero-order valence-corrected chi connectivity index (χ0v) is 15.6. The van der Waals surface area contributed by atoms with Gasteiger partial charge in [0.25, 0.3) is 11.5 Å². The summed E-state index contributed by atoms with van der Waals surface area (Å²) in [6.07, 6.45) is 0. The molecule has 0 atom stereocenters. The highest BCUT2D eigenvalue weighted by Crippen LogP contribution is 2.21. The molecule has 1 aromatic heterocycles. The number of β-amino-alcohol motifs (C(OH)–C–C–N with tert-alkyl or cyclic N) is 1. The van der Waals surface area contributed by atoms with Crippen molar-refractivity contribution in [2.75, 3.05) is 39.3 Å². The number of aliphatic hydroxyl groups is 1. The number of carbonyl (C=O) groups is 1. The van der Waals surface area contributed by atoms with Crippen molar-refractivity contribution < 1.29 is 9.90 Å². The number of rotatable bonds is 4. The van der Waals surface area contributed by atoms with Gasteiger partial charge in [-0.15, -0.1) is 0 Å². The Labute approximate surface area is 163 Å². The van der Waals surface area contributed by atoms with Gasteiger partial charge in [0.1, 0.15) is 0 Å². The molecule has 6 heteroatoms. The number of nitrogens with one attached hydrogen (secondary N) is 1. The fourth-order valence-corrected chi connectivity index (χ4v) is 3.65. The highest BCUT2D eigenvalue weighted by molar-refractivity contribution is 5.95. The third-order valence-corrected chi connectivity index (χ3v) is 5.27. The largest absolute Gasteiger partial charge is 0.395 e. The van der Waals surface area contributed by atoms with Gasteiger partial charge < -0.3 is 15.0 Å². The molecule has 1 saturated heterocycles. The van der Waals surface area contributed by atoms with Crippen LogP contribution in [0.5, 0.6) is 0 Å². The highest BCUT2D eigenvalue weighted by Gasteiger charge is 2.21. The van der Waals surface area contributed by atoms with Crippen LogP contribution in [0.4, 0.5) is 0 Å². The Hall–Kier alpha value is -2.96. The number of pyridine rings is 1. The van der Waals surface area contributed by atoms with Gasteiger partial charge in [-0.25, -0.2) is 0 Å². The minimum absolute atomic E-state index is 0.00243. The van der Waals surface area contributed by atoms with Crippen LogP contribution in [0.15, 0.2) is 59.4 Å². The molecular weight excluding hydrogens is 354 g/mol. The summed E-state index contributed by atoms with van der Waals surface area (Å²) in [4.78, 5) is 32.1. The van der Waals surface area contributed by atoms with Crippen LogP contribution < -0.4 is 5.56 Å². The van der Waals surface area contributed by atoms with Crippen LogP contribution in [0.3, 0.4) is 0 Å². The van der Waals surface area contributed by atoms with E-state index in [4.69, 9.17) is 5.11 Å². The lowest BCUT2D eigenvalue weighted by Crippen LogP contribution is -2.49. The molecule has 4 rings (SSSR count). The highest BCUT2D eigenvalue weighted by atomic mass is 16.3. The Morgan fingerprint density at radius 1 is 1.00 bits per heavy atom. The molecule has 0 spiro atoms. The number of aliphatic hydroxyl groups excluding tert-OH is 1. The second-order valence-corrected chi connectivity index (χ2v) is 7.03. The summed E-state index contributed by atoms with van der Waals surface area (Å²) in [5.41, 5.74) is 2.67. The maximum absolute atomic E-state index is 12.7. The lowest BCUT2D eigenvalue weighted by Gasteiger charge is -2.34. The molecular formula is C22H23N3O3. The average Bonchev–Trinajstić information content (AvgIpc) is 2.74. The van der Waals surface area contributed by atoms with Gasteiger partial charge in [-0.05, 0) is 35.2 Å². The van der Waals surface area contributed by atoms with E-state index in [1.54, 1.807) is 12.1 Å². The lowest BCUT2D eigenvalue weighted by atomic mass is 10.0. The van der Waals surface area contributed by atoms with Crippen LogP contribution in [-0.4, -0.2) is 65.1 Å². The minimum atomic E-state index is -0.141. The summed E-state index contributed by atoms with van der Waals surface area (Å²) in [5.74, 6) is 0.00243. The Morgan fingerprint density at radius 2 is 1.71 bits per heavy atom. The first-order valence-electron chi connectivity index (χ1n) is 9.51. The number of carbonyl (C=O) groups excluding carboxylic acids is 1. The number of H-pyrrole nitrogens is 1. The Kier molecular flexibility index (Phi) is 5.23. The minimum Gasteiger partial charge on any atom is -0.395 e. The molecule has 3 aromatic rings. The first kappa shape index (κ1) is 18.4. The summed E-state index contributed by atoms with van der Waals surface area (Å²) in [7, 11) is 0. The number of hydrogen-bond donors (Lipinski definition) is 2. The molecule has 1 aliphatic rings. The molecule has 28 heavy (non-hydrogen) atoms. The van der Waals surface area contributed by atoms with Crippen molar-refractivity contribution in [2.24, 2.45) is 0 Å². The molecule has 0 aliphatic carbocycles. The van der Waals surface area contributed by atoms with Crippen LogP contribution >= 0.6 is 0 Å². The normalized spacial score (nSPS) is 15.1. The zero-order valence-electron chi connectivity index (χ0n) is 15.6. The average molecular weight is 377 g/mol. The summed E-state index contributed by atoms with van der Waals surface area (Å²) in [5, 5.41) is 9.99. The first-order chi connectivity index (χ1) is 13.7. The molecule has 0 bridgehead atoms. The van der Waals surface area contributed by atoms with Gasteiger partial charge in [0.15, 0.2) is 0 Å². The molecule has 0 unspecified atom stereocenters. The Morgan fingerprint density at radius 3 is 2.43 bits per heavy atom. The van der Waals surface area contributed by atoms with Crippen LogP contribution in [0.25, 0.3) is 22.0 Å². The summed E-state index contributed by atoms with van der Waals surface area (Å²) in [6, 6.07) is 16.8. The van der Waals surface area contributed by atoms with Gasteiger partial charge in [0.2, 0.25) is 0 Å². The van der Waals surface area contributed by atoms with Gasteiger partial charge >= 0.3 is 0 Å². The quantitative estimate of drug-likeness (QED) is 0.729. The molecule has 2 aromatic carbocycles. The van der Waals surface area contributed by atoms with E-state index in [2.05, 4.69) is 9.88 Å². The smallest absolute Gasteiger partial charge is 0.256 e. The fraction of sp³-hybridized carbons (Fsp3) is 0.273. The number of benzene rings is 2. The fourth-order valence-electron chi connectivity index (χ4n) is 3.65. The predicted molar refractivity (Wildman–Crippen MR) is 109 cm³/mol. The van der Waals surface area contributed by atoms with Gasteiger partial charge in [-0.1, -0.05) is 30.3 Å². The van der Waals surface area contributed by atoms with E-state index in [0.29, 0.717) is 30.8 Å². The summed E-state index contributed by atoms with van der Waals surface area (Å²) >= 11 is 0. The third kappa shape index (κ3) is 3.69. The van der Waals surface area contributed by atoms with Crippen molar-refractivity contribution in [1.82, 2.24) is 14.8 Å². The van der Waals surface area contributed by atoms with Crippen LogP contribution in [0.2, 0.25) is 0 Å². The van der Waals surface area contributed by atoms with Crippen molar-refractivity contribution in [2.45, 2.75) is 0 Å². The second-order valence-electron chi connectivity index (χ2n) is 7.03. The van der Waals surface area contributed by atoms with Gasteiger partial charge in [-0.2, -0.15) is 0 Å². The van der Waals surface area contributed by atoms with Gasteiger partial charge in [0, 0.05) is 49.4 Å². The second kappa shape index (κ2) is 7.96. The number of aromatic nitrogens is 1. The van der Waals surface area contributed by atoms with E-state index in [1.807, 2.05) is 47.4 Å². The van der Waals surface area contributed by atoms with E-state index in [1.165, 1.54) is 0 Å². The summed E-state index contributed by atoms with van der Waals surface area (Å²) < 4.78 is 0. The van der Waals surface area contributed by atoms with Crippen molar-refractivity contribution in [3.63, 3.8) is 0 Å². The number of fused-ring (bicyclic) bond motifs is 1. The number of aromatic amines is 1. The number of nitrogens with zero attached hydrogens (tertiary/aromatic N) is 2. The van der Waals surface area contributed by atoms with Gasteiger partial charge in [-0.3, -0.25) is 14.5 Å². The molecule has 1 aliphatic heterocycles. The van der Waals surface area contributed by atoms with Crippen molar-refractivity contribution in [3.05, 3.63) is 70.5 Å². The monoisotopic (exact) mass is 377 g/mol. The van der Waals surface area contributed by atoms with E-state index in [0.717, 1.165) is 29.6 Å². The molecule has 144 valence electrons. The predicted octanol–water partition coefficient (Wildman–Crippen LogP) is 1.95. The van der Waals surface area contributed by atoms with Crippen LogP contribution in [0, 0.1) is 0 Å². The Bertz CT molecular complexity index is 1030. The first-order valence-corrected chi connectivity index (χ1v) is 9.51. The van der Waals surface area contributed by atoms with E-state index in [-0.39, 0.29) is 18.1 Å². The molecule has 2 N–H and O–H groups in total. The van der Waals surface area contributed by atoms with Crippen molar-refractivity contribution in [3.8, 4) is 11.1 Å². The van der Waals surface area contributed by atoms with Crippen LogP contribution in [-0.2, 0) is 0 Å². The number of para-hydroxylation sites is 1. The molecule has 0 saturated carbocycles. The lowest BCUT2D eigenvalue weighted by molar-refractivity contribution is 0.0615.